The van der Waals surface area contributed by atoms with Crippen LogP contribution < -0.4 is 0 Å². The molecule has 18 heavy (non-hydrogen) atoms. The monoisotopic (exact) mass is 265 g/mol. The molecule has 0 saturated heterocycles. The molecular formula is C12H15N3O2S. The summed E-state index contributed by atoms with van der Waals surface area (Å²) in [5.41, 5.74) is 1.49. The van der Waals surface area contributed by atoms with Crippen LogP contribution in [-0.2, 0) is 9.53 Å². The van der Waals surface area contributed by atoms with Crippen LogP contribution in [0.25, 0.3) is 11.2 Å². The number of methoxy groups -OCH3 is 1. The molecule has 0 aliphatic heterocycles. The summed E-state index contributed by atoms with van der Waals surface area (Å²) in [7, 11) is 1.38. The third kappa shape index (κ3) is 2.03. The predicted octanol–water partition coefficient (Wildman–Crippen LogP) is 2.46. The average molecular weight is 265 g/mol. The van der Waals surface area contributed by atoms with Gasteiger partial charge in [-0.2, -0.15) is 0 Å². The molecular weight excluding hydrogens is 250 g/mol. The number of nitrogens with zero attached hydrogens (tertiary/aromatic N) is 2. The molecule has 0 aromatic carbocycles. The summed E-state index contributed by atoms with van der Waals surface area (Å²) in [4.78, 5) is 19.2. The summed E-state index contributed by atoms with van der Waals surface area (Å²) >= 11 is 5.28. The lowest BCUT2D eigenvalue weighted by molar-refractivity contribution is -0.145. The molecule has 0 amide bonds. The van der Waals surface area contributed by atoms with Gasteiger partial charge in [-0.05, 0) is 30.3 Å². The number of aromatic amines is 1. The maximum absolute atomic E-state index is 11.9. The predicted molar refractivity (Wildman–Crippen MR) is 70.8 cm³/mol. The zero-order chi connectivity index (χ0) is 13.3. The Kier molecular flexibility index (Phi) is 3.47. The largest absolute Gasteiger partial charge is 0.467 e. The van der Waals surface area contributed by atoms with E-state index in [4.69, 9.17) is 17.0 Å². The first-order valence-corrected chi connectivity index (χ1v) is 6.10. The fraction of sp³-hybridized carbons (Fsp3) is 0.417. The molecule has 2 aromatic rings. The van der Waals surface area contributed by atoms with E-state index in [2.05, 4.69) is 9.97 Å². The van der Waals surface area contributed by atoms with Crippen molar-refractivity contribution >= 4 is 29.4 Å². The molecule has 2 rings (SSSR count). The molecule has 2 aromatic heterocycles. The van der Waals surface area contributed by atoms with Crippen LogP contribution in [0.1, 0.15) is 19.9 Å². The van der Waals surface area contributed by atoms with E-state index in [1.165, 1.54) is 7.11 Å². The molecule has 0 saturated carbocycles. The second-order valence-corrected chi connectivity index (χ2v) is 4.77. The number of ether oxygens (including phenoxy) is 1. The Balaban J connectivity index is 2.68. The Labute approximate surface area is 110 Å². The van der Waals surface area contributed by atoms with Crippen LogP contribution >= 0.6 is 12.2 Å². The second kappa shape index (κ2) is 4.89. The first kappa shape index (κ1) is 12.8. The van der Waals surface area contributed by atoms with E-state index in [-0.39, 0.29) is 11.9 Å². The molecule has 0 bridgehead atoms. The number of H-pyrrole nitrogens is 1. The van der Waals surface area contributed by atoms with Crippen molar-refractivity contribution in [2.75, 3.05) is 7.11 Å². The van der Waals surface area contributed by atoms with Crippen molar-refractivity contribution in [1.29, 1.82) is 0 Å². The van der Waals surface area contributed by atoms with E-state index in [1.807, 2.05) is 26.0 Å². The van der Waals surface area contributed by atoms with Crippen LogP contribution in [0.5, 0.6) is 0 Å². The summed E-state index contributed by atoms with van der Waals surface area (Å²) in [6.45, 7) is 3.90. The number of esters is 1. The quantitative estimate of drug-likeness (QED) is 0.684. The van der Waals surface area contributed by atoms with Crippen molar-refractivity contribution < 1.29 is 9.53 Å². The van der Waals surface area contributed by atoms with Gasteiger partial charge in [0.2, 0.25) is 0 Å². The Morgan fingerprint density at radius 3 is 2.89 bits per heavy atom. The molecule has 1 N–H and O–H groups in total. The third-order valence-electron chi connectivity index (χ3n) is 2.83. The van der Waals surface area contributed by atoms with Crippen LogP contribution in [0.3, 0.4) is 0 Å². The first-order valence-electron chi connectivity index (χ1n) is 5.69. The third-order valence-corrected chi connectivity index (χ3v) is 3.13. The van der Waals surface area contributed by atoms with Gasteiger partial charge in [0.25, 0.3) is 0 Å². The summed E-state index contributed by atoms with van der Waals surface area (Å²) < 4.78 is 7.06. The summed E-state index contributed by atoms with van der Waals surface area (Å²) in [6, 6.07) is 3.23. The van der Waals surface area contributed by atoms with Gasteiger partial charge in [0, 0.05) is 6.20 Å². The molecule has 0 aliphatic rings. The van der Waals surface area contributed by atoms with Gasteiger partial charge in [-0.1, -0.05) is 13.8 Å². The van der Waals surface area contributed by atoms with E-state index < -0.39 is 6.04 Å². The highest BCUT2D eigenvalue weighted by atomic mass is 32.1. The smallest absolute Gasteiger partial charge is 0.329 e. The van der Waals surface area contributed by atoms with Crippen molar-refractivity contribution in [3.63, 3.8) is 0 Å². The van der Waals surface area contributed by atoms with Crippen LogP contribution in [0, 0.1) is 10.7 Å². The highest BCUT2D eigenvalue weighted by Gasteiger charge is 2.27. The van der Waals surface area contributed by atoms with Gasteiger partial charge in [-0.15, -0.1) is 0 Å². The van der Waals surface area contributed by atoms with Gasteiger partial charge in [0.05, 0.1) is 12.6 Å². The van der Waals surface area contributed by atoms with E-state index >= 15 is 0 Å². The van der Waals surface area contributed by atoms with E-state index in [9.17, 15) is 4.79 Å². The van der Waals surface area contributed by atoms with Crippen LogP contribution in [0.15, 0.2) is 18.3 Å². The minimum Gasteiger partial charge on any atom is -0.467 e. The Morgan fingerprint density at radius 1 is 1.56 bits per heavy atom. The highest BCUT2D eigenvalue weighted by Crippen LogP contribution is 2.24. The topological polar surface area (TPSA) is 59.9 Å². The number of rotatable bonds is 3. The van der Waals surface area contributed by atoms with Gasteiger partial charge < -0.3 is 9.72 Å². The van der Waals surface area contributed by atoms with Gasteiger partial charge in [0.15, 0.2) is 10.4 Å². The molecule has 0 spiro atoms. The van der Waals surface area contributed by atoms with Gasteiger partial charge >= 0.3 is 5.97 Å². The number of imidazole rings is 1. The van der Waals surface area contributed by atoms with E-state index in [1.54, 1.807) is 10.8 Å². The first-order chi connectivity index (χ1) is 8.56. The molecule has 1 unspecified atom stereocenters. The average Bonchev–Trinajstić information content (AvgIpc) is 2.66. The lowest BCUT2D eigenvalue weighted by atomic mass is 10.0. The van der Waals surface area contributed by atoms with Crippen molar-refractivity contribution in [3.8, 4) is 0 Å². The maximum Gasteiger partial charge on any atom is 0.329 e. The van der Waals surface area contributed by atoms with Gasteiger partial charge in [0.1, 0.15) is 6.04 Å². The SMILES string of the molecule is COC(=O)C(C(C)C)n1c(=S)[nH]c2cccnc21. The summed E-state index contributed by atoms with van der Waals surface area (Å²) in [5.74, 6) is -0.252. The lowest BCUT2D eigenvalue weighted by Gasteiger charge is -2.20. The standard InChI is InChI=1S/C12H15N3O2S/c1-7(2)9(11(16)17-3)15-10-8(14-12(15)18)5-4-6-13-10/h4-7,9H,1-3H3,(H,14,18). The fourth-order valence-corrected chi connectivity index (χ4v) is 2.32. The number of hydrogen-bond donors (Lipinski definition) is 1. The normalized spacial score (nSPS) is 12.9. The minimum atomic E-state index is -0.467. The number of hydrogen-bond acceptors (Lipinski definition) is 4. The number of carbonyl (C=O) groups excluding carboxylic acids is 1. The number of carbonyl (C=O) groups is 1. The van der Waals surface area contributed by atoms with Gasteiger partial charge in [-0.3, -0.25) is 4.57 Å². The molecule has 2 heterocycles. The molecule has 0 radical (unpaired) electrons. The molecule has 0 aliphatic carbocycles. The molecule has 0 fully saturated rings. The maximum atomic E-state index is 11.9. The number of fused-ring (bicyclic) bond motifs is 1. The van der Waals surface area contributed by atoms with Crippen molar-refractivity contribution in [2.45, 2.75) is 19.9 Å². The van der Waals surface area contributed by atoms with Crippen LogP contribution in [-0.4, -0.2) is 27.6 Å². The number of pyridine rings is 1. The number of nitrogens with one attached hydrogen (secondary N) is 1. The fourth-order valence-electron chi connectivity index (χ4n) is 2.01. The highest BCUT2D eigenvalue weighted by molar-refractivity contribution is 7.71. The van der Waals surface area contributed by atoms with Crippen molar-refractivity contribution in [1.82, 2.24) is 14.5 Å². The Morgan fingerprint density at radius 2 is 2.28 bits per heavy atom. The van der Waals surface area contributed by atoms with Crippen molar-refractivity contribution in [3.05, 3.63) is 23.1 Å². The molecule has 1 atom stereocenters. The molecule has 6 heteroatoms. The Hall–Kier alpha value is -1.69. The second-order valence-electron chi connectivity index (χ2n) is 4.39. The zero-order valence-electron chi connectivity index (χ0n) is 10.5. The van der Waals surface area contributed by atoms with Crippen LogP contribution in [0.2, 0.25) is 0 Å². The molecule has 96 valence electrons. The number of aromatic nitrogens is 3. The van der Waals surface area contributed by atoms with Crippen molar-refractivity contribution in [2.24, 2.45) is 5.92 Å². The molecule has 5 nitrogen and oxygen atoms in total. The zero-order valence-corrected chi connectivity index (χ0v) is 11.3. The van der Waals surface area contributed by atoms with Gasteiger partial charge in [-0.25, -0.2) is 9.78 Å². The minimum absolute atomic E-state index is 0.0603. The summed E-state index contributed by atoms with van der Waals surface area (Å²) in [6.07, 6.45) is 1.68. The van der Waals surface area contributed by atoms with E-state index in [0.717, 1.165) is 5.52 Å². The van der Waals surface area contributed by atoms with Crippen LogP contribution in [0.4, 0.5) is 0 Å². The summed E-state index contributed by atoms with van der Waals surface area (Å²) in [5, 5.41) is 0. The lowest BCUT2D eigenvalue weighted by Crippen LogP contribution is -2.26. The Bertz CT molecular complexity index is 630. The van der Waals surface area contributed by atoms with E-state index in [0.29, 0.717) is 10.4 Å².